The molecule has 0 saturated carbocycles. The molecule has 27 heavy (non-hydrogen) atoms. The molecule has 2 aromatic rings. The molecule has 5 nitrogen and oxygen atoms in total. The fourth-order valence-corrected chi connectivity index (χ4v) is 4.30. The highest BCUT2D eigenvalue weighted by molar-refractivity contribution is 5.94. The van der Waals surface area contributed by atoms with Crippen LogP contribution in [-0.4, -0.2) is 47.2 Å². The Bertz CT molecular complexity index is 778. The van der Waals surface area contributed by atoms with Crippen molar-refractivity contribution in [3.8, 4) is 11.4 Å². The van der Waals surface area contributed by atoms with Crippen LogP contribution in [0.4, 0.5) is 0 Å². The van der Waals surface area contributed by atoms with Crippen molar-refractivity contribution in [3.63, 3.8) is 0 Å². The van der Waals surface area contributed by atoms with Gasteiger partial charge < -0.3 is 14.2 Å². The van der Waals surface area contributed by atoms with Gasteiger partial charge in [0.15, 0.2) is 0 Å². The number of fused-ring (bicyclic) bond motifs is 1. The normalized spacial score (nSPS) is 20.0. The zero-order valence-corrected chi connectivity index (χ0v) is 16.2. The smallest absolute Gasteiger partial charge is 0.274 e. The van der Waals surface area contributed by atoms with Crippen molar-refractivity contribution >= 4 is 5.91 Å². The number of benzene rings is 1. The van der Waals surface area contributed by atoms with Gasteiger partial charge in [-0.25, -0.2) is 4.98 Å². The number of ether oxygens (including phenoxy) is 1. The molecule has 1 saturated heterocycles. The van der Waals surface area contributed by atoms with Gasteiger partial charge in [0.2, 0.25) is 0 Å². The average molecular weight is 367 g/mol. The Kier molecular flexibility index (Phi) is 5.58. The van der Waals surface area contributed by atoms with E-state index in [1.807, 2.05) is 30.1 Å². The van der Waals surface area contributed by atoms with E-state index in [1.54, 1.807) is 0 Å². The summed E-state index contributed by atoms with van der Waals surface area (Å²) in [6.45, 7) is 3.29. The monoisotopic (exact) mass is 367 g/mol. The lowest BCUT2D eigenvalue weighted by molar-refractivity contribution is 0.0386. The number of hydrogen-bond acceptors (Lipinski definition) is 3. The SMILES string of the molecule is CN(CC1CCCOC1)C(=O)c1nc(-c2ccccc2)n2c1CCCCC2. The second-order valence-corrected chi connectivity index (χ2v) is 7.83. The highest BCUT2D eigenvalue weighted by Crippen LogP contribution is 2.28. The van der Waals surface area contributed by atoms with Crippen LogP contribution in [0.3, 0.4) is 0 Å². The van der Waals surface area contributed by atoms with E-state index >= 15 is 0 Å². The summed E-state index contributed by atoms with van der Waals surface area (Å²) in [5.41, 5.74) is 2.85. The summed E-state index contributed by atoms with van der Waals surface area (Å²) in [6, 6.07) is 10.2. The topological polar surface area (TPSA) is 47.4 Å². The zero-order valence-electron chi connectivity index (χ0n) is 16.2. The molecule has 1 amide bonds. The molecule has 0 radical (unpaired) electrons. The molecule has 1 unspecified atom stereocenters. The lowest BCUT2D eigenvalue weighted by Gasteiger charge is -2.27. The lowest BCUT2D eigenvalue weighted by Crippen LogP contribution is -2.35. The summed E-state index contributed by atoms with van der Waals surface area (Å²) in [5, 5.41) is 0. The standard InChI is InChI=1S/C22H29N3O2/c1-24(15-17-9-8-14-27-16-17)22(26)20-19-12-6-3-7-13-25(19)21(23-20)18-10-4-2-5-11-18/h2,4-5,10-11,17H,3,6-9,12-16H2,1H3. The first kappa shape index (κ1) is 18.2. The van der Waals surface area contributed by atoms with Crippen LogP contribution in [0.1, 0.15) is 48.3 Å². The van der Waals surface area contributed by atoms with E-state index < -0.39 is 0 Å². The predicted octanol–water partition coefficient (Wildman–Crippen LogP) is 3.78. The predicted molar refractivity (Wildman–Crippen MR) is 106 cm³/mol. The first-order valence-electron chi connectivity index (χ1n) is 10.2. The molecular formula is C22H29N3O2. The Morgan fingerprint density at radius 3 is 2.85 bits per heavy atom. The van der Waals surface area contributed by atoms with Crippen LogP contribution < -0.4 is 0 Å². The van der Waals surface area contributed by atoms with Crippen molar-refractivity contribution in [1.29, 1.82) is 0 Å². The third kappa shape index (κ3) is 3.93. The van der Waals surface area contributed by atoms with Crippen molar-refractivity contribution < 1.29 is 9.53 Å². The van der Waals surface area contributed by atoms with Gasteiger partial charge in [0.1, 0.15) is 11.5 Å². The van der Waals surface area contributed by atoms with E-state index in [4.69, 9.17) is 9.72 Å². The highest BCUT2D eigenvalue weighted by Gasteiger charge is 2.27. The minimum atomic E-state index is 0.0494. The Morgan fingerprint density at radius 1 is 1.22 bits per heavy atom. The summed E-state index contributed by atoms with van der Waals surface area (Å²) < 4.78 is 7.86. The van der Waals surface area contributed by atoms with Gasteiger partial charge in [0, 0.05) is 32.3 Å². The molecule has 1 atom stereocenters. The molecule has 2 aliphatic rings. The van der Waals surface area contributed by atoms with Crippen molar-refractivity contribution in [2.75, 3.05) is 26.8 Å². The number of carbonyl (C=O) groups excluding carboxylic acids is 1. The van der Waals surface area contributed by atoms with Gasteiger partial charge >= 0.3 is 0 Å². The number of aromatic nitrogens is 2. The minimum absolute atomic E-state index is 0.0494. The summed E-state index contributed by atoms with van der Waals surface area (Å²) in [6.07, 6.45) is 6.63. The largest absolute Gasteiger partial charge is 0.381 e. The molecule has 1 aromatic heterocycles. The molecule has 0 aliphatic carbocycles. The third-order valence-corrected chi connectivity index (χ3v) is 5.74. The van der Waals surface area contributed by atoms with E-state index in [0.29, 0.717) is 11.6 Å². The van der Waals surface area contributed by atoms with E-state index in [-0.39, 0.29) is 5.91 Å². The summed E-state index contributed by atoms with van der Waals surface area (Å²) in [4.78, 5) is 20.0. The summed E-state index contributed by atoms with van der Waals surface area (Å²) in [5.74, 6) is 1.42. The molecule has 4 rings (SSSR count). The van der Waals surface area contributed by atoms with Crippen molar-refractivity contribution in [3.05, 3.63) is 41.7 Å². The second-order valence-electron chi connectivity index (χ2n) is 7.83. The van der Waals surface area contributed by atoms with Gasteiger partial charge in [0.05, 0.1) is 12.3 Å². The molecule has 1 fully saturated rings. The maximum atomic E-state index is 13.3. The number of nitrogens with zero attached hydrogens (tertiary/aromatic N) is 3. The molecule has 1 aromatic carbocycles. The number of hydrogen-bond donors (Lipinski definition) is 0. The van der Waals surface area contributed by atoms with E-state index in [0.717, 1.165) is 75.5 Å². The highest BCUT2D eigenvalue weighted by atomic mass is 16.5. The van der Waals surface area contributed by atoms with Crippen molar-refractivity contribution in [1.82, 2.24) is 14.5 Å². The van der Waals surface area contributed by atoms with Crippen molar-refractivity contribution in [2.45, 2.75) is 45.1 Å². The van der Waals surface area contributed by atoms with Gasteiger partial charge in [-0.15, -0.1) is 0 Å². The van der Waals surface area contributed by atoms with E-state index in [1.165, 1.54) is 6.42 Å². The number of carbonyl (C=O) groups is 1. The first-order valence-corrected chi connectivity index (χ1v) is 10.2. The lowest BCUT2D eigenvalue weighted by atomic mass is 10.0. The quantitative estimate of drug-likeness (QED) is 0.826. The average Bonchev–Trinajstić information content (AvgIpc) is 2.89. The van der Waals surface area contributed by atoms with Gasteiger partial charge in [-0.3, -0.25) is 4.79 Å². The number of amides is 1. The third-order valence-electron chi connectivity index (χ3n) is 5.74. The Labute approximate surface area is 161 Å². The van der Waals surface area contributed by atoms with Crippen LogP contribution in [0.25, 0.3) is 11.4 Å². The fraction of sp³-hybridized carbons (Fsp3) is 0.545. The van der Waals surface area contributed by atoms with E-state index in [2.05, 4.69) is 16.7 Å². The maximum Gasteiger partial charge on any atom is 0.274 e. The maximum absolute atomic E-state index is 13.3. The zero-order chi connectivity index (χ0) is 18.6. The molecule has 0 spiro atoms. The Balaban J connectivity index is 1.63. The number of imidazole rings is 1. The second kappa shape index (κ2) is 8.26. The van der Waals surface area contributed by atoms with Gasteiger partial charge in [-0.1, -0.05) is 36.8 Å². The van der Waals surface area contributed by atoms with Crippen LogP contribution in [0.15, 0.2) is 30.3 Å². The Hall–Kier alpha value is -2.14. The molecule has 3 heterocycles. The van der Waals surface area contributed by atoms with Crippen LogP contribution in [0, 0.1) is 5.92 Å². The first-order chi connectivity index (χ1) is 13.2. The molecule has 5 heteroatoms. The summed E-state index contributed by atoms with van der Waals surface area (Å²) >= 11 is 0. The molecular weight excluding hydrogens is 338 g/mol. The molecule has 0 N–H and O–H groups in total. The van der Waals surface area contributed by atoms with Crippen LogP contribution >= 0.6 is 0 Å². The minimum Gasteiger partial charge on any atom is -0.381 e. The Morgan fingerprint density at radius 2 is 2.07 bits per heavy atom. The molecule has 2 aliphatic heterocycles. The van der Waals surface area contributed by atoms with E-state index in [9.17, 15) is 4.79 Å². The van der Waals surface area contributed by atoms with Gasteiger partial charge in [-0.05, 0) is 38.0 Å². The van der Waals surface area contributed by atoms with Gasteiger partial charge in [0.25, 0.3) is 5.91 Å². The molecule has 0 bridgehead atoms. The van der Waals surface area contributed by atoms with Crippen LogP contribution in [0.2, 0.25) is 0 Å². The summed E-state index contributed by atoms with van der Waals surface area (Å²) in [7, 11) is 1.90. The fourth-order valence-electron chi connectivity index (χ4n) is 4.30. The molecule has 144 valence electrons. The van der Waals surface area contributed by atoms with Crippen LogP contribution in [0.5, 0.6) is 0 Å². The van der Waals surface area contributed by atoms with Crippen molar-refractivity contribution in [2.24, 2.45) is 5.92 Å². The van der Waals surface area contributed by atoms with Crippen LogP contribution in [-0.2, 0) is 17.7 Å². The number of rotatable bonds is 4. The van der Waals surface area contributed by atoms with Gasteiger partial charge in [-0.2, -0.15) is 0 Å².